The molecule has 2 aromatic rings. The van der Waals surface area contributed by atoms with Crippen LogP contribution in [0.1, 0.15) is 77.1 Å². The fourth-order valence-electron chi connectivity index (χ4n) is 2.99. The Balaban J connectivity index is 2.58. The lowest BCUT2D eigenvalue weighted by Crippen LogP contribution is -2.26. The number of carbonyl (C=O) groups is 1. The summed E-state index contributed by atoms with van der Waals surface area (Å²) >= 11 is 1.45. The van der Waals surface area contributed by atoms with Crippen LogP contribution in [0.15, 0.2) is 17.5 Å². The van der Waals surface area contributed by atoms with Crippen LogP contribution in [0.5, 0.6) is 5.75 Å². The topological polar surface area (TPSA) is 82.5 Å². The van der Waals surface area contributed by atoms with Gasteiger partial charge in [-0.1, -0.05) is 48.5 Å². The van der Waals surface area contributed by atoms with Crippen molar-refractivity contribution in [3.63, 3.8) is 0 Å². The molecule has 3 N–H and O–H groups in total. The summed E-state index contributed by atoms with van der Waals surface area (Å²) in [5, 5.41) is 25.1. The fourth-order valence-corrected chi connectivity index (χ4v) is 3.96. The second kappa shape index (κ2) is 7.50. The molecule has 0 saturated carbocycles. The van der Waals surface area contributed by atoms with Gasteiger partial charge in [-0.3, -0.25) is 0 Å². The Labute approximate surface area is 165 Å². The molecule has 0 spiro atoms. The van der Waals surface area contributed by atoms with Crippen LogP contribution in [0.4, 0.5) is 4.79 Å². The van der Waals surface area contributed by atoms with Gasteiger partial charge in [-0.25, -0.2) is 9.78 Å². The number of hydrogen-bond acceptors (Lipinski definition) is 4. The van der Waals surface area contributed by atoms with Gasteiger partial charge in [-0.2, -0.15) is 0 Å². The van der Waals surface area contributed by atoms with Gasteiger partial charge in [-0.15, -0.1) is 11.3 Å². The van der Waals surface area contributed by atoms with Crippen LogP contribution in [-0.2, 0) is 10.8 Å². The lowest BCUT2D eigenvalue weighted by molar-refractivity contribution is 0.189. The van der Waals surface area contributed by atoms with E-state index in [9.17, 15) is 9.90 Å². The Morgan fingerprint density at radius 1 is 1.15 bits per heavy atom. The lowest BCUT2D eigenvalue weighted by atomic mass is 9.78. The van der Waals surface area contributed by atoms with Crippen molar-refractivity contribution in [3.8, 4) is 17.0 Å². The maximum atomic E-state index is 11.0. The largest absolute Gasteiger partial charge is 0.507 e. The van der Waals surface area contributed by atoms with Gasteiger partial charge < -0.3 is 15.5 Å². The third-order valence-electron chi connectivity index (χ3n) is 4.55. The van der Waals surface area contributed by atoms with Crippen LogP contribution in [-0.4, -0.2) is 21.3 Å². The Hall–Kier alpha value is -2.08. The minimum atomic E-state index is -1.05. The summed E-state index contributed by atoms with van der Waals surface area (Å²) in [5.41, 5.74) is 3.09. The van der Waals surface area contributed by atoms with Crippen molar-refractivity contribution >= 4 is 17.4 Å². The monoisotopic (exact) mass is 390 g/mol. The van der Waals surface area contributed by atoms with Crippen molar-refractivity contribution in [3.05, 3.63) is 33.6 Å². The van der Waals surface area contributed by atoms with Crippen molar-refractivity contribution in [1.82, 2.24) is 10.3 Å². The third-order valence-corrected chi connectivity index (χ3v) is 5.51. The van der Waals surface area contributed by atoms with Crippen LogP contribution in [0.25, 0.3) is 11.3 Å². The molecule has 27 heavy (non-hydrogen) atoms. The molecule has 1 unspecified atom stereocenters. The molecule has 0 radical (unpaired) electrons. The predicted molar refractivity (Wildman–Crippen MR) is 111 cm³/mol. The lowest BCUT2D eigenvalue weighted by Gasteiger charge is -2.28. The van der Waals surface area contributed by atoms with E-state index in [1.165, 1.54) is 11.3 Å². The van der Waals surface area contributed by atoms with Gasteiger partial charge in [0, 0.05) is 22.1 Å². The van der Waals surface area contributed by atoms with Crippen LogP contribution in [0, 0.1) is 0 Å². The second-order valence-electron chi connectivity index (χ2n) is 8.90. The highest BCUT2D eigenvalue weighted by Crippen LogP contribution is 2.42. The van der Waals surface area contributed by atoms with E-state index < -0.39 is 6.09 Å². The molecule has 0 aliphatic rings. The van der Waals surface area contributed by atoms with E-state index in [1.54, 1.807) is 0 Å². The zero-order chi connectivity index (χ0) is 20.6. The van der Waals surface area contributed by atoms with Gasteiger partial charge in [0.2, 0.25) is 0 Å². The first kappa shape index (κ1) is 21.2. The molecular formula is C21H30N2O3S. The summed E-state index contributed by atoms with van der Waals surface area (Å²) in [4.78, 5) is 15.7. The van der Waals surface area contributed by atoms with Crippen molar-refractivity contribution < 1.29 is 15.0 Å². The van der Waals surface area contributed by atoms with E-state index in [2.05, 4.69) is 46.9 Å². The Morgan fingerprint density at radius 2 is 1.67 bits per heavy atom. The number of amides is 1. The van der Waals surface area contributed by atoms with Gasteiger partial charge >= 0.3 is 6.09 Å². The number of rotatable bonds is 4. The van der Waals surface area contributed by atoms with Gasteiger partial charge in [0.25, 0.3) is 0 Å². The standard InChI is InChI=1S/C21H30N2O3S/c1-8-15(23-19(25)26)18-22-16(11-27-18)12-9-13(20(2,3)4)17(24)14(10-12)21(5,6)7/h9-11,15,23-24H,8H2,1-7H3,(H,25,26). The molecule has 0 fully saturated rings. The Bertz CT molecular complexity index is 794. The number of thiazole rings is 1. The molecule has 5 nitrogen and oxygen atoms in total. The van der Waals surface area contributed by atoms with E-state index in [1.807, 2.05) is 24.4 Å². The number of benzene rings is 1. The van der Waals surface area contributed by atoms with Gasteiger partial charge in [-0.05, 0) is 29.4 Å². The summed E-state index contributed by atoms with van der Waals surface area (Å²) in [7, 11) is 0. The van der Waals surface area contributed by atoms with Crippen molar-refractivity contribution in [2.75, 3.05) is 0 Å². The number of nitrogens with one attached hydrogen (secondary N) is 1. The average molecular weight is 391 g/mol. The highest BCUT2D eigenvalue weighted by Gasteiger charge is 2.27. The second-order valence-corrected chi connectivity index (χ2v) is 9.79. The summed E-state index contributed by atoms with van der Waals surface area (Å²) in [6.07, 6.45) is -0.414. The maximum absolute atomic E-state index is 11.0. The number of carboxylic acid groups (broad SMARTS) is 1. The number of aromatic hydroxyl groups is 1. The van der Waals surface area contributed by atoms with E-state index in [4.69, 9.17) is 10.1 Å². The fraction of sp³-hybridized carbons (Fsp3) is 0.524. The number of phenolic OH excluding ortho intramolecular Hbond substituents is 1. The van der Waals surface area contributed by atoms with E-state index in [-0.39, 0.29) is 16.9 Å². The third kappa shape index (κ3) is 4.80. The van der Waals surface area contributed by atoms with Gasteiger partial charge in [0.05, 0.1) is 11.7 Å². The molecule has 1 atom stereocenters. The molecular weight excluding hydrogens is 360 g/mol. The van der Waals surface area contributed by atoms with E-state index in [0.717, 1.165) is 27.4 Å². The first-order chi connectivity index (χ1) is 12.3. The smallest absolute Gasteiger partial charge is 0.405 e. The van der Waals surface area contributed by atoms with E-state index in [0.29, 0.717) is 12.2 Å². The van der Waals surface area contributed by atoms with Crippen molar-refractivity contribution in [1.29, 1.82) is 0 Å². The normalized spacial score (nSPS) is 13.4. The molecule has 1 aromatic heterocycles. The Morgan fingerprint density at radius 3 is 2.07 bits per heavy atom. The molecule has 0 aliphatic carbocycles. The molecule has 2 rings (SSSR count). The van der Waals surface area contributed by atoms with E-state index >= 15 is 0 Å². The highest BCUT2D eigenvalue weighted by molar-refractivity contribution is 7.10. The number of nitrogens with zero attached hydrogens (tertiary/aromatic N) is 1. The Kier molecular flexibility index (Phi) is 5.90. The number of phenols is 1. The molecule has 148 valence electrons. The van der Waals surface area contributed by atoms with Crippen LogP contribution >= 0.6 is 11.3 Å². The molecule has 1 heterocycles. The first-order valence-corrected chi connectivity index (χ1v) is 10.1. The summed E-state index contributed by atoms with van der Waals surface area (Å²) in [5.74, 6) is 0.341. The molecule has 0 aliphatic heterocycles. The molecule has 1 amide bonds. The molecule has 0 saturated heterocycles. The van der Waals surface area contributed by atoms with Crippen LogP contribution in [0.3, 0.4) is 0 Å². The predicted octanol–water partition coefficient (Wildman–Crippen LogP) is 5.83. The first-order valence-electron chi connectivity index (χ1n) is 9.17. The summed E-state index contributed by atoms with van der Waals surface area (Å²) in [6.45, 7) is 14.4. The van der Waals surface area contributed by atoms with Crippen LogP contribution < -0.4 is 5.32 Å². The van der Waals surface area contributed by atoms with Crippen LogP contribution in [0.2, 0.25) is 0 Å². The minimum absolute atomic E-state index is 0.213. The highest BCUT2D eigenvalue weighted by atomic mass is 32.1. The SMILES string of the molecule is CCC(NC(=O)O)c1nc(-c2cc(C(C)(C)C)c(O)c(C(C)(C)C)c2)cs1. The minimum Gasteiger partial charge on any atom is -0.507 e. The zero-order valence-corrected chi connectivity index (χ0v) is 18.0. The summed E-state index contributed by atoms with van der Waals surface area (Å²) in [6, 6.07) is 3.67. The molecule has 6 heteroatoms. The summed E-state index contributed by atoms with van der Waals surface area (Å²) < 4.78 is 0. The van der Waals surface area contributed by atoms with Crippen molar-refractivity contribution in [2.45, 2.75) is 71.8 Å². The molecule has 0 bridgehead atoms. The molecule has 1 aromatic carbocycles. The van der Waals surface area contributed by atoms with Crippen molar-refractivity contribution in [2.24, 2.45) is 0 Å². The maximum Gasteiger partial charge on any atom is 0.405 e. The van der Waals surface area contributed by atoms with Gasteiger partial charge in [0.15, 0.2) is 0 Å². The van der Waals surface area contributed by atoms with Gasteiger partial charge in [0.1, 0.15) is 10.8 Å². The average Bonchev–Trinajstić information content (AvgIpc) is 3.00. The number of hydrogen-bond donors (Lipinski definition) is 3. The number of aromatic nitrogens is 1. The quantitative estimate of drug-likeness (QED) is 0.613. The zero-order valence-electron chi connectivity index (χ0n) is 17.2.